The first-order valence-electron chi connectivity index (χ1n) is 6.28. The summed E-state index contributed by atoms with van der Waals surface area (Å²) in [4.78, 5) is 8.58. The summed E-state index contributed by atoms with van der Waals surface area (Å²) in [6, 6.07) is 10.5. The number of halogens is 1. The van der Waals surface area contributed by atoms with Gasteiger partial charge in [-0.25, -0.2) is 9.37 Å². The molecule has 4 rings (SSSR count). The highest BCUT2D eigenvalue weighted by molar-refractivity contribution is 5.85. The van der Waals surface area contributed by atoms with Crippen LogP contribution in [-0.2, 0) is 0 Å². The highest BCUT2D eigenvalue weighted by atomic mass is 19.1. The highest BCUT2D eigenvalue weighted by Crippen LogP contribution is 2.21. The van der Waals surface area contributed by atoms with E-state index in [0.29, 0.717) is 0 Å². The van der Waals surface area contributed by atoms with Gasteiger partial charge in [-0.2, -0.15) is 0 Å². The van der Waals surface area contributed by atoms with Crippen molar-refractivity contribution in [1.82, 2.24) is 14.5 Å². The molecule has 0 saturated heterocycles. The summed E-state index contributed by atoms with van der Waals surface area (Å²) < 4.78 is 15.3. The van der Waals surface area contributed by atoms with Crippen molar-refractivity contribution >= 4 is 21.7 Å². The molecule has 20 heavy (non-hydrogen) atoms. The van der Waals surface area contributed by atoms with Crippen molar-refractivity contribution < 1.29 is 4.39 Å². The van der Waals surface area contributed by atoms with E-state index in [1.54, 1.807) is 24.7 Å². The van der Waals surface area contributed by atoms with Gasteiger partial charge in [-0.1, -0.05) is 0 Å². The van der Waals surface area contributed by atoms with Crippen LogP contribution in [0.3, 0.4) is 0 Å². The van der Waals surface area contributed by atoms with E-state index < -0.39 is 0 Å². The third-order valence-corrected chi connectivity index (χ3v) is 3.41. The summed E-state index contributed by atoms with van der Waals surface area (Å²) in [5.74, 6) is 0.514. The van der Waals surface area contributed by atoms with E-state index in [1.807, 2.05) is 29.0 Å². The van der Waals surface area contributed by atoms with E-state index in [0.717, 1.165) is 27.5 Å². The first-order valence-corrected chi connectivity index (χ1v) is 6.28. The predicted octanol–water partition coefficient (Wildman–Crippen LogP) is 3.71. The number of hydrogen-bond acceptors (Lipinski definition) is 2. The van der Waals surface area contributed by atoms with E-state index in [-0.39, 0.29) is 5.82 Å². The molecule has 0 fully saturated rings. The zero-order chi connectivity index (χ0) is 13.5. The summed E-state index contributed by atoms with van der Waals surface area (Å²) in [6.07, 6.45) is 7.26. The van der Waals surface area contributed by atoms with Crippen molar-refractivity contribution in [2.75, 3.05) is 0 Å². The Morgan fingerprint density at radius 2 is 1.85 bits per heavy atom. The van der Waals surface area contributed by atoms with Gasteiger partial charge in [0.2, 0.25) is 0 Å². The van der Waals surface area contributed by atoms with Crippen LogP contribution in [0.15, 0.2) is 61.2 Å². The molecular formula is C16H10FN3. The van der Waals surface area contributed by atoms with Crippen molar-refractivity contribution in [3.63, 3.8) is 0 Å². The molecule has 0 aliphatic carbocycles. The van der Waals surface area contributed by atoms with Crippen molar-refractivity contribution in [1.29, 1.82) is 0 Å². The summed E-state index contributed by atoms with van der Waals surface area (Å²) >= 11 is 0. The number of aromatic nitrogens is 3. The van der Waals surface area contributed by atoms with E-state index in [4.69, 9.17) is 0 Å². The number of nitrogens with zero attached hydrogens (tertiary/aromatic N) is 3. The first-order chi connectivity index (χ1) is 9.81. The topological polar surface area (TPSA) is 30.7 Å². The maximum atomic E-state index is 13.3. The summed E-state index contributed by atoms with van der Waals surface area (Å²) in [5.41, 5.74) is 0.982. The molecule has 0 aliphatic heterocycles. The minimum absolute atomic E-state index is 0.242. The Morgan fingerprint density at radius 3 is 2.80 bits per heavy atom. The lowest BCUT2D eigenvalue weighted by atomic mass is 10.2. The molecule has 0 unspecified atom stereocenters. The molecular weight excluding hydrogens is 253 g/mol. The number of hydrogen-bond donors (Lipinski definition) is 0. The molecule has 3 heterocycles. The lowest BCUT2D eigenvalue weighted by Gasteiger charge is -2.06. The molecule has 3 aromatic heterocycles. The van der Waals surface area contributed by atoms with Crippen LogP contribution in [0.2, 0.25) is 0 Å². The van der Waals surface area contributed by atoms with Gasteiger partial charge in [0.15, 0.2) is 0 Å². The van der Waals surface area contributed by atoms with Crippen LogP contribution < -0.4 is 0 Å². The highest BCUT2D eigenvalue weighted by Gasteiger charge is 2.05. The third-order valence-electron chi connectivity index (χ3n) is 3.41. The van der Waals surface area contributed by atoms with E-state index in [2.05, 4.69) is 9.97 Å². The largest absolute Gasteiger partial charge is 0.300 e. The zero-order valence-corrected chi connectivity index (χ0v) is 10.5. The van der Waals surface area contributed by atoms with Gasteiger partial charge in [0.1, 0.15) is 11.6 Å². The fourth-order valence-electron chi connectivity index (χ4n) is 2.41. The van der Waals surface area contributed by atoms with Crippen molar-refractivity contribution in [3.05, 3.63) is 67.0 Å². The van der Waals surface area contributed by atoms with Gasteiger partial charge in [0.25, 0.3) is 0 Å². The van der Waals surface area contributed by atoms with Crippen LogP contribution in [0, 0.1) is 5.82 Å². The Kier molecular flexibility index (Phi) is 2.29. The van der Waals surface area contributed by atoms with Crippen LogP contribution in [-0.4, -0.2) is 14.5 Å². The number of rotatable bonds is 1. The van der Waals surface area contributed by atoms with Gasteiger partial charge in [-0.15, -0.1) is 0 Å². The standard InChI is InChI=1S/C16H10FN3/c17-14-2-1-12-9-19-16(8-13(12)7-14)20-6-4-11-3-5-18-10-15(11)20/h1-10H. The van der Waals surface area contributed by atoms with Gasteiger partial charge in [-0.3, -0.25) is 9.55 Å². The Bertz CT molecular complexity index is 927. The zero-order valence-electron chi connectivity index (χ0n) is 10.5. The second-order valence-corrected chi connectivity index (χ2v) is 4.65. The van der Waals surface area contributed by atoms with Gasteiger partial charge >= 0.3 is 0 Å². The van der Waals surface area contributed by atoms with Gasteiger partial charge < -0.3 is 0 Å². The molecule has 0 bridgehead atoms. The molecule has 0 radical (unpaired) electrons. The Balaban J connectivity index is 1.97. The molecule has 0 saturated carbocycles. The number of fused-ring (bicyclic) bond motifs is 2. The molecule has 4 heteroatoms. The maximum Gasteiger partial charge on any atom is 0.137 e. The van der Waals surface area contributed by atoms with E-state index >= 15 is 0 Å². The SMILES string of the molecule is Fc1ccc2cnc(-n3ccc4ccncc43)cc2c1. The fourth-order valence-corrected chi connectivity index (χ4v) is 2.41. The number of benzene rings is 1. The van der Waals surface area contributed by atoms with Crippen molar-refractivity contribution in [2.45, 2.75) is 0 Å². The second kappa shape index (κ2) is 4.13. The Labute approximate surface area is 114 Å². The summed E-state index contributed by atoms with van der Waals surface area (Å²) in [7, 11) is 0. The minimum atomic E-state index is -0.242. The fraction of sp³-hybridized carbons (Fsp3) is 0. The lowest BCUT2D eigenvalue weighted by Crippen LogP contribution is -1.95. The number of pyridine rings is 2. The van der Waals surface area contributed by atoms with Crippen LogP contribution in [0.5, 0.6) is 0 Å². The molecule has 0 N–H and O–H groups in total. The van der Waals surface area contributed by atoms with Gasteiger partial charge in [-0.05, 0) is 41.8 Å². The first kappa shape index (κ1) is 11.1. The molecule has 0 spiro atoms. The van der Waals surface area contributed by atoms with Gasteiger partial charge in [0, 0.05) is 29.4 Å². The normalized spacial score (nSPS) is 11.2. The maximum absolute atomic E-state index is 13.3. The van der Waals surface area contributed by atoms with Crippen molar-refractivity contribution in [2.24, 2.45) is 0 Å². The Morgan fingerprint density at radius 1 is 0.900 bits per heavy atom. The molecule has 4 aromatic rings. The van der Waals surface area contributed by atoms with Crippen LogP contribution in [0.4, 0.5) is 4.39 Å². The van der Waals surface area contributed by atoms with E-state index in [9.17, 15) is 4.39 Å². The van der Waals surface area contributed by atoms with Gasteiger partial charge in [0.05, 0.1) is 11.7 Å². The molecule has 3 nitrogen and oxygen atoms in total. The van der Waals surface area contributed by atoms with Crippen molar-refractivity contribution in [3.8, 4) is 5.82 Å². The Hall–Kier alpha value is -2.75. The molecule has 0 atom stereocenters. The molecule has 96 valence electrons. The molecule has 0 amide bonds. The average molecular weight is 263 g/mol. The van der Waals surface area contributed by atoms with Crippen LogP contribution in [0.1, 0.15) is 0 Å². The smallest absolute Gasteiger partial charge is 0.137 e. The van der Waals surface area contributed by atoms with Crippen LogP contribution in [0.25, 0.3) is 27.5 Å². The summed E-state index contributed by atoms with van der Waals surface area (Å²) in [6.45, 7) is 0. The average Bonchev–Trinajstić information content (AvgIpc) is 2.90. The monoisotopic (exact) mass is 263 g/mol. The summed E-state index contributed by atoms with van der Waals surface area (Å²) in [5, 5.41) is 2.85. The predicted molar refractivity (Wildman–Crippen MR) is 76.3 cm³/mol. The minimum Gasteiger partial charge on any atom is -0.300 e. The quantitative estimate of drug-likeness (QED) is 0.524. The second-order valence-electron chi connectivity index (χ2n) is 4.65. The van der Waals surface area contributed by atoms with Crippen LogP contribution >= 0.6 is 0 Å². The lowest BCUT2D eigenvalue weighted by molar-refractivity contribution is 0.629. The third kappa shape index (κ3) is 1.66. The van der Waals surface area contributed by atoms with E-state index in [1.165, 1.54) is 12.1 Å². The molecule has 1 aromatic carbocycles. The molecule has 0 aliphatic rings.